The van der Waals surface area contributed by atoms with Crippen molar-refractivity contribution >= 4 is 18.0 Å². The van der Waals surface area contributed by atoms with Crippen LogP contribution in [0.5, 0.6) is 0 Å². The topological polar surface area (TPSA) is 114 Å². The number of carbonyl (C=O) groups is 3. The number of aliphatic carboxylic acids is 1. The third-order valence-corrected chi connectivity index (χ3v) is 7.12. The number of carboxylic acids is 1. The van der Waals surface area contributed by atoms with E-state index >= 15 is 0 Å². The zero-order chi connectivity index (χ0) is 24.8. The van der Waals surface area contributed by atoms with Gasteiger partial charge in [-0.05, 0) is 41.5 Å². The summed E-state index contributed by atoms with van der Waals surface area (Å²) < 4.78 is 10.9. The van der Waals surface area contributed by atoms with Crippen LogP contribution in [0.1, 0.15) is 49.7 Å². The minimum atomic E-state index is -1.00. The molecule has 35 heavy (non-hydrogen) atoms. The maximum atomic E-state index is 12.6. The van der Waals surface area contributed by atoms with Crippen LogP contribution < -0.4 is 10.6 Å². The lowest BCUT2D eigenvalue weighted by Gasteiger charge is -2.33. The van der Waals surface area contributed by atoms with Crippen LogP contribution in [0.15, 0.2) is 48.5 Å². The lowest BCUT2D eigenvalue weighted by molar-refractivity contribution is -0.154. The summed E-state index contributed by atoms with van der Waals surface area (Å²) in [6.07, 6.45) is 0.732. The average Bonchev–Trinajstić information content (AvgIpc) is 3.20. The molecule has 1 unspecified atom stereocenters. The Labute approximate surface area is 205 Å². The quantitative estimate of drug-likeness (QED) is 0.504. The van der Waals surface area contributed by atoms with E-state index in [9.17, 15) is 19.5 Å². The first kappa shape index (κ1) is 24.7. The molecule has 0 bridgehead atoms. The molecule has 0 spiro atoms. The summed E-state index contributed by atoms with van der Waals surface area (Å²) in [5.74, 6) is -1.27. The van der Waals surface area contributed by atoms with E-state index in [2.05, 4.69) is 34.9 Å². The summed E-state index contributed by atoms with van der Waals surface area (Å²) in [7, 11) is 0. The van der Waals surface area contributed by atoms with Crippen LogP contribution in [-0.4, -0.2) is 55.5 Å². The summed E-state index contributed by atoms with van der Waals surface area (Å²) in [6.45, 7) is 2.85. The summed E-state index contributed by atoms with van der Waals surface area (Å²) >= 11 is 0. The molecule has 0 radical (unpaired) electrons. The molecule has 186 valence electrons. The Kier molecular flexibility index (Phi) is 7.70. The van der Waals surface area contributed by atoms with Crippen LogP contribution in [0.2, 0.25) is 0 Å². The minimum absolute atomic E-state index is 0.0387. The van der Waals surface area contributed by atoms with Gasteiger partial charge in [-0.15, -0.1) is 0 Å². The lowest BCUT2D eigenvalue weighted by atomic mass is 9.80. The number of fused-ring (bicyclic) bond motifs is 3. The number of amides is 2. The summed E-state index contributed by atoms with van der Waals surface area (Å²) in [4.78, 5) is 36.8. The molecule has 8 heteroatoms. The van der Waals surface area contributed by atoms with Crippen molar-refractivity contribution in [1.82, 2.24) is 10.6 Å². The Hall–Kier alpha value is -3.39. The van der Waals surface area contributed by atoms with Gasteiger partial charge in [0.1, 0.15) is 6.61 Å². The maximum Gasteiger partial charge on any atom is 0.407 e. The largest absolute Gasteiger partial charge is 0.481 e. The summed E-state index contributed by atoms with van der Waals surface area (Å²) in [5.41, 5.74) is 3.57. The van der Waals surface area contributed by atoms with Crippen LogP contribution in [0.25, 0.3) is 11.1 Å². The number of hydrogen-bond acceptors (Lipinski definition) is 5. The van der Waals surface area contributed by atoms with Crippen LogP contribution in [0.4, 0.5) is 4.79 Å². The van der Waals surface area contributed by atoms with Crippen LogP contribution >= 0.6 is 0 Å². The number of benzene rings is 2. The molecule has 1 fully saturated rings. The second-order valence-corrected chi connectivity index (χ2v) is 9.25. The molecule has 3 N–H and O–H groups in total. The highest BCUT2D eigenvalue weighted by atomic mass is 16.5. The Balaban J connectivity index is 1.29. The Morgan fingerprint density at radius 3 is 2.23 bits per heavy atom. The zero-order valence-corrected chi connectivity index (χ0v) is 19.9. The van der Waals surface area contributed by atoms with E-state index < -0.39 is 23.5 Å². The van der Waals surface area contributed by atoms with Crippen molar-refractivity contribution in [2.45, 2.75) is 44.6 Å². The predicted octanol–water partition coefficient (Wildman–Crippen LogP) is 3.69. The van der Waals surface area contributed by atoms with Crippen molar-refractivity contribution in [2.24, 2.45) is 5.41 Å². The molecule has 2 aliphatic rings. The molecular formula is C27H32N2O6. The number of hydrogen-bond donors (Lipinski definition) is 3. The second kappa shape index (κ2) is 10.9. The lowest BCUT2D eigenvalue weighted by Crippen LogP contribution is -2.47. The van der Waals surface area contributed by atoms with Crippen molar-refractivity contribution in [3.63, 3.8) is 0 Å². The fourth-order valence-electron chi connectivity index (χ4n) is 4.90. The van der Waals surface area contributed by atoms with Gasteiger partial charge in [-0.2, -0.15) is 0 Å². The average molecular weight is 481 g/mol. The van der Waals surface area contributed by atoms with Gasteiger partial charge < -0.3 is 25.2 Å². The highest BCUT2D eigenvalue weighted by molar-refractivity contribution is 5.81. The Morgan fingerprint density at radius 2 is 1.66 bits per heavy atom. The van der Waals surface area contributed by atoms with Crippen LogP contribution in [-0.2, 0) is 19.1 Å². The molecule has 1 atom stereocenters. The normalized spacial score (nSPS) is 17.1. The maximum absolute atomic E-state index is 12.6. The van der Waals surface area contributed by atoms with Gasteiger partial charge in [0.15, 0.2) is 0 Å². The fourth-order valence-corrected chi connectivity index (χ4v) is 4.90. The smallest absolute Gasteiger partial charge is 0.407 e. The number of carbonyl (C=O) groups excluding carboxylic acids is 2. The predicted molar refractivity (Wildman–Crippen MR) is 130 cm³/mol. The third kappa shape index (κ3) is 5.48. The monoisotopic (exact) mass is 480 g/mol. The van der Waals surface area contributed by atoms with E-state index in [0.29, 0.717) is 32.5 Å². The van der Waals surface area contributed by atoms with E-state index in [1.54, 1.807) is 0 Å². The fraction of sp³-hybridized carbons (Fsp3) is 0.444. The molecule has 1 aliphatic heterocycles. The first-order chi connectivity index (χ1) is 16.9. The van der Waals surface area contributed by atoms with E-state index in [1.165, 1.54) is 0 Å². The number of alkyl carbamates (subject to hydrolysis) is 1. The molecule has 2 aromatic carbocycles. The first-order valence-corrected chi connectivity index (χ1v) is 12.1. The van der Waals surface area contributed by atoms with Crippen molar-refractivity contribution in [3.8, 4) is 11.1 Å². The SMILES string of the molecule is CCC(CC(=O)NCC1(C(=O)O)CCOCC1)NC(=O)OCC1c2ccccc2-c2ccccc21. The van der Waals surface area contributed by atoms with Gasteiger partial charge in [-0.1, -0.05) is 55.5 Å². The summed E-state index contributed by atoms with van der Waals surface area (Å²) in [5, 5.41) is 15.2. The molecule has 8 nitrogen and oxygen atoms in total. The van der Waals surface area contributed by atoms with Gasteiger partial charge >= 0.3 is 12.1 Å². The highest BCUT2D eigenvalue weighted by Crippen LogP contribution is 2.44. The molecule has 2 aromatic rings. The molecule has 1 heterocycles. The van der Waals surface area contributed by atoms with E-state index in [-0.39, 0.29) is 31.4 Å². The van der Waals surface area contributed by atoms with E-state index in [4.69, 9.17) is 9.47 Å². The van der Waals surface area contributed by atoms with Crippen molar-refractivity contribution in [3.05, 3.63) is 59.7 Å². The van der Waals surface area contributed by atoms with Gasteiger partial charge in [-0.3, -0.25) is 9.59 Å². The molecule has 2 amide bonds. The Morgan fingerprint density at radius 1 is 1.06 bits per heavy atom. The second-order valence-electron chi connectivity index (χ2n) is 9.25. The Bertz CT molecular complexity index is 1030. The molecule has 0 aromatic heterocycles. The van der Waals surface area contributed by atoms with Crippen LogP contribution in [0, 0.1) is 5.41 Å². The zero-order valence-electron chi connectivity index (χ0n) is 19.9. The number of nitrogens with one attached hydrogen (secondary N) is 2. The highest BCUT2D eigenvalue weighted by Gasteiger charge is 2.40. The molecule has 1 aliphatic carbocycles. The number of carboxylic acid groups (broad SMARTS) is 1. The molecular weight excluding hydrogens is 448 g/mol. The standard InChI is InChI=1S/C27H32N2O6/c1-2-18(15-24(30)28-17-27(25(31)32)11-13-34-14-12-27)29-26(33)35-16-23-21-9-5-3-7-19(21)20-8-4-6-10-22(20)23/h3-10,18,23H,2,11-17H2,1H3,(H,28,30)(H,29,33)(H,31,32). The molecule has 0 saturated carbocycles. The number of ether oxygens (including phenoxy) is 2. The van der Waals surface area contributed by atoms with Gasteiger partial charge in [-0.25, -0.2) is 4.79 Å². The van der Waals surface area contributed by atoms with Gasteiger partial charge in [0, 0.05) is 38.1 Å². The number of rotatable bonds is 9. The van der Waals surface area contributed by atoms with Crippen molar-refractivity contribution in [2.75, 3.05) is 26.4 Å². The van der Waals surface area contributed by atoms with Crippen molar-refractivity contribution in [1.29, 1.82) is 0 Å². The van der Waals surface area contributed by atoms with Gasteiger partial charge in [0.25, 0.3) is 0 Å². The van der Waals surface area contributed by atoms with Gasteiger partial charge in [0.05, 0.1) is 5.41 Å². The minimum Gasteiger partial charge on any atom is -0.481 e. The molecule has 1 saturated heterocycles. The van der Waals surface area contributed by atoms with Crippen molar-refractivity contribution < 1.29 is 29.0 Å². The summed E-state index contributed by atoms with van der Waals surface area (Å²) in [6, 6.07) is 15.8. The van der Waals surface area contributed by atoms with E-state index in [1.807, 2.05) is 31.2 Å². The van der Waals surface area contributed by atoms with Gasteiger partial charge in [0.2, 0.25) is 5.91 Å². The molecule has 4 rings (SSSR count). The third-order valence-electron chi connectivity index (χ3n) is 7.12. The van der Waals surface area contributed by atoms with Crippen LogP contribution in [0.3, 0.4) is 0 Å². The van der Waals surface area contributed by atoms with E-state index in [0.717, 1.165) is 22.3 Å². The first-order valence-electron chi connectivity index (χ1n) is 12.1.